The van der Waals surface area contributed by atoms with E-state index in [1.54, 1.807) is 12.1 Å². The largest absolute Gasteiger partial charge is 0.478 e. The Labute approximate surface area is 184 Å². The van der Waals surface area contributed by atoms with Gasteiger partial charge in [0.2, 0.25) is 0 Å². The lowest BCUT2D eigenvalue weighted by molar-refractivity contribution is 0.0699. The second-order valence-electron chi connectivity index (χ2n) is 6.67. The molecule has 0 amide bonds. The number of fused-ring (bicyclic) bond motifs is 1. The first-order chi connectivity index (χ1) is 14.5. The molecule has 4 rings (SSSR count). The Balaban J connectivity index is 1.76. The summed E-state index contributed by atoms with van der Waals surface area (Å²) in [5, 5.41) is 9.71. The average Bonchev–Trinajstić information content (AvgIpc) is 2.73. The minimum atomic E-state index is -1.21. The lowest BCUT2D eigenvalue weighted by Gasteiger charge is -2.10. The Morgan fingerprint density at radius 3 is 2.37 bits per heavy atom. The monoisotopic (exact) mass is 517 g/mol. The van der Waals surface area contributed by atoms with Gasteiger partial charge in [-0.1, -0.05) is 36.4 Å². The molecule has 0 saturated heterocycles. The Hall–Kier alpha value is -2.91. The highest BCUT2D eigenvalue weighted by atomic mass is 127. The minimum absolute atomic E-state index is 0.0907. The Morgan fingerprint density at radius 2 is 1.70 bits per heavy atom. The lowest BCUT2D eigenvalue weighted by atomic mass is 9.99. The maximum Gasteiger partial charge on any atom is 0.336 e. The zero-order valence-electron chi connectivity index (χ0n) is 15.4. The van der Waals surface area contributed by atoms with E-state index >= 15 is 0 Å². The van der Waals surface area contributed by atoms with Crippen LogP contribution in [0.4, 0.5) is 8.78 Å². The van der Waals surface area contributed by atoms with Gasteiger partial charge in [-0.15, -0.1) is 0 Å². The molecule has 7 heteroatoms. The van der Waals surface area contributed by atoms with Crippen molar-refractivity contribution in [2.75, 3.05) is 0 Å². The number of carbonyl (C=O) groups is 1. The van der Waals surface area contributed by atoms with Crippen molar-refractivity contribution >= 4 is 39.9 Å². The highest BCUT2D eigenvalue weighted by Gasteiger charge is 2.15. The van der Waals surface area contributed by atoms with Crippen LogP contribution in [0.3, 0.4) is 0 Å². The summed E-state index contributed by atoms with van der Waals surface area (Å²) in [6, 6.07) is 17.1. The topological polar surface area (TPSA) is 59.4 Å². The summed E-state index contributed by atoms with van der Waals surface area (Å²) in [6.07, 6.45) is 0. The fraction of sp³-hybridized carbons (Fsp3) is 0.0435. The highest BCUT2D eigenvalue weighted by molar-refractivity contribution is 14.1. The first-order valence-corrected chi connectivity index (χ1v) is 9.81. The van der Waals surface area contributed by atoms with Crippen LogP contribution in [0.2, 0.25) is 0 Å². The molecule has 1 N–H and O–H groups in total. The predicted molar refractivity (Wildman–Crippen MR) is 118 cm³/mol. The number of benzene rings is 3. The van der Waals surface area contributed by atoms with Crippen molar-refractivity contribution in [3.05, 3.63) is 89.5 Å². The third kappa shape index (κ3) is 4.03. The van der Waals surface area contributed by atoms with Crippen LogP contribution in [-0.4, -0.2) is 16.1 Å². The molecule has 0 spiro atoms. The maximum absolute atomic E-state index is 14.9. The van der Waals surface area contributed by atoms with E-state index in [1.165, 1.54) is 24.3 Å². The number of halogens is 3. The molecule has 0 unspecified atom stereocenters. The van der Waals surface area contributed by atoms with Crippen molar-refractivity contribution in [3.8, 4) is 22.4 Å². The average molecular weight is 517 g/mol. The molecular weight excluding hydrogens is 503 g/mol. The zero-order valence-corrected chi connectivity index (χ0v) is 17.6. The number of pyridine rings is 1. The molecule has 0 atom stereocenters. The van der Waals surface area contributed by atoms with Gasteiger partial charge in [0, 0.05) is 16.5 Å². The van der Waals surface area contributed by atoms with Crippen LogP contribution in [0.5, 0.6) is 0 Å². The van der Waals surface area contributed by atoms with Crippen LogP contribution in [0.1, 0.15) is 15.9 Å². The van der Waals surface area contributed by atoms with Gasteiger partial charge in [0.05, 0.1) is 23.4 Å². The van der Waals surface area contributed by atoms with Gasteiger partial charge >= 0.3 is 5.97 Å². The molecular formula is C23H14F2INO3. The van der Waals surface area contributed by atoms with Crippen LogP contribution in [0, 0.1) is 11.6 Å². The van der Waals surface area contributed by atoms with Crippen LogP contribution in [0.25, 0.3) is 33.3 Å². The van der Waals surface area contributed by atoms with Crippen LogP contribution in [0.15, 0.2) is 66.7 Å². The normalized spacial score (nSPS) is 11.0. The minimum Gasteiger partial charge on any atom is -0.478 e. The SMILES string of the molecule is O=C(O)c1cc(-c2ccc(-c3ccc(COI)cc3)c(F)c2)nc2ccc(F)cc12. The van der Waals surface area contributed by atoms with Crippen molar-refractivity contribution in [1.82, 2.24) is 4.98 Å². The van der Waals surface area contributed by atoms with Crippen molar-refractivity contribution in [3.63, 3.8) is 0 Å². The van der Waals surface area contributed by atoms with Crippen molar-refractivity contribution in [1.29, 1.82) is 0 Å². The number of rotatable bonds is 5. The number of hydrogen-bond acceptors (Lipinski definition) is 3. The predicted octanol–water partition coefficient (Wildman–Crippen LogP) is 6.41. The summed E-state index contributed by atoms with van der Waals surface area (Å²) >= 11 is 1.82. The van der Waals surface area contributed by atoms with Crippen LogP contribution < -0.4 is 0 Å². The van der Waals surface area contributed by atoms with Crippen molar-refractivity contribution in [2.45, 2.75) is 6.61 Å². The molecule has 0 bridgehead atoms. The number of aromatic carboxylic acids is 1. The first-order valence-electron chi connectivity index (χ1n) is 8.92. The highest BCUT2D eigenvalue weighted by Crippen LogP contribution is 2.30. The summed E-state index contributed by atoms with van der Waals surface area (Å²) in [7, 11) is 0. The number of nitrogens with zero attached hydrogens (tertiary/aromatic N) is 1. The van der Waals surface area contributed by atoms with Crippen LogP contribution >= 0.6 is 23.0 Å². The maximum atomic E-state index is 14.9. The van der Waals surface area contributed by atoms with E-state index in [4.69, 9.17) is 3.07 Å². The number of carboxylic acid groups (broad SMARTS) is 1. The second-order valence-corrected chi connectivity index (χ2v) is 7.29. The number of carboxylic acids is 1. The van der Waals surface area contributed by atoms with Gasteiger partial charge in [-0.3, -0.25) is 0 Å². The van der Waals surface area contributed by atoms with Crippen molar-refractivity contribution in [2.24, 2.45) is 0 Å². The van der Waals surface area contributed by atoms with E-state index in [-0.39, 0.29) is 10.9 Å². The zero-order chi connectivity index (χ0) is 21.3. The molecule has 3 aromatic carbocycles. The van der Waals surface area contributed by atoms with E-state index in [0.717, 1.165) is 11.6 Å². The molecule has 0 fully saturated rings. The lowest BCUT2D eigenvalue weighted by Crippen LogP contribution is -2.01. The molecule has 1 aromatic heterocycles. The van der Waals surface area contributed by atoms with E-state index in [1.807, 2.05) is 47.3 Å². The molecule has 0 aliphatic carbocycles. The van der Waals surface area contributed by atoms with Gasteiger partial charge in [-0.25, -0.2) is 18.6 Å². The molecule has 4 aromatic rings. The van der Waals surface area contributed by atoms with E-state index in [2.05, 4.69) is 4.98 Å². The smallest absolute Gasteiger partial charge is 0.336 e. The summed E-state index contributed by atoms with van der Waals surface area (Å²) in [5.74, 6) is -2.21. The molecule has 30 heavy (non-hydrogen) atoms. The molecule has 4 nitrogen and oxygen atoms in total. The fourth-order valence-electron chi connectivity index (χ4n) is 3.27. The standard InChI is InChI=1S/C23H14F2INO3/c24-16-6-8-21-18(10-16)19(23(28)29)11-22(27-21)15-5-7-17(20(25)9-15)14-3-1-13(2-4-14)12-30-26/h1-11H,12H2,(H,28,29). The quantitative estimate of drug-likeness (QED) is 0.311. The Bertz CT molecular complexity index is 1260. The summed E-state index contributed by atoms with van der Waals surface area (Å²) in [4.78, 5) is 16.1. The third-order valence-corrected chi connectivity index (χ3v) is 5.06. The number of hydrogen-bond donors (Lipinski definition) is 1. The third-order valence-electron chi connectivity index (χ3n) is 4.75. The fourth-order valence-corrected chi connectivity index (χ4v) is 3.63. The van der Waals surface area contributed by atoms with E-state index < -0.39 is 17.6 Å². The van der Waals surface area contributed by atoms with Gasteiger partial charge in [0.15, 0.2) is 0 Å². The molecule has 0 saturated carbocycles. The Morgan fingerprint density at radius 1 is 0.967 bits per heavy atom. The van der Waals surface area contributed by atoms with Crippen LogP contribution in [-0.2, 0) is 9.67 Å². The van der Waals surface area contributed by atoms with Crippen molar-refractivity contribution < 1.29 is 21.7 Å². The summed E-state index contributed by atoms with van der Waals surface area (Å²) in [6.45, 7) is 0.464. The Kier molecular flexibility index (Phi) is 5.74. The number of aromatic nitrogens is 1. The first kappa shape index (κ1) is 20.4. The van der Waals surface area contributed by atoms with Gasteiger partial charge in [0.25, 0.3) is 0 Å². The van der Waals surface area contributed by atoms with Gasteiger partial charge in [-0.05, 0) is 41.5 Å². The molecule has 0 radical (unpaired) electrons. The van der Waals surface area contributed by atoms with Gasteiger partial charge in [0.1, 0.15) is 34.6 Å². The molecule has 150 valence electrons. The van der Waals surface area contributed by atoms with Gasteiger partial charge in [-0.2, -0.15) is 0 Å². The van der Waals surface area contributed by atoms with E-state index in [0.29, 0.717) is 34.5 Å². The van der Waals surface area contributed by atoms with E-state index in [9.17, 15) is 18.7 Å². The summed E-state index contributed by atoms with van der Waals surface area (Å²) in [5.41, 5.74) is 3.07. The van der Waals surface area contributed by atoms with Gasteiger partial charge < -0.3 is 8.17 Å². The molecule has 0 aliphatic rings. The molecule has 0 aliphatic heterocycles. The second kappa shape index (κ2) is 8.45. The molecule has 1 heterocycles. The summed E-state index contributed by atoms with van der Waals surface area (Å²) < 4.78 is 33.5.